The largest absolute Gasteiger partial charge is 0.434 e. The van der Waals surface area contributed by atoms with Gasteiger partial charge in [0.2, 0.25) is 0 Å². The fraction of sp³-hybridized carbons (Fsp3) is 0.400. The zero-order valence-electron chi connectivity index (χ0n) is 12.6. The molecule has 0 aliphatic heterocycles. The zero-order chi connectivity index (χ0) is 17.2. The highest BCUT2D eigenvalue weighted by molar-refractivity contribution is 7.09. The molecule has 0 fully saturated rings. The van der Waals surface area contributed by atoms with Crippen molar-refractivity contribution in [2.45, 2.75) is 25.7 Å². The maximum Gasteiger partial charge on any atom is 0.434 e. The Labute approximate surface area is 135 Å². The average Bonchev–Trinajstić information content (AvgIpc) is 2.86. The quantitative estimate of drug-likeness (QED) is 0.836. The van der Waals surface area contributed by atoms with Gasteiger partial charge < -0.3 is 5.11 Å². The minimum absolute atomic E-state index is 0.193. The van der Waals surface area contributed by atoms with E-state index in [9.17, 15) is 22.7 Å². The first-order valence-corrected chi connectivity index (χ1v) is 7.69. The van der Waals surface area contributed by atoms with Crippen molar-refractivity contribution in [1.29, 1.82) is 0 Å². The lowest BCUT2D eigenvalue weighted by Crippen LogP contribution is -2.24. The highest BCUT2D eigenvalue weighted by atomic mass is 32.1. The molecule has 2 rings (SSSR count). The lowest BCUT2D eigenvalue weighted by molar-refractivity contribution is -0.140. The molecule has 1 N–H and O–H groups in total. The van der Waals surface area contributed by atoms with Gasteiger partial charge in [-0.15, -0.1) is 11.3 Å². The van der Waals surface area contributed by atoms with Crippen LogP contribution in [0.25, 0.3) is 0 Å². The van der Waals surface area contributed by atoms with E-state index in [2.05, 4.69) is 4.98 Å². The van der Waals surface area contributed by atoms with Crippen LogP contribution in [-0.2, 0) is 12.7 Å². The van der Waals surface area contributed by atoms with Crippen molar-refractivity contribution in [3.05, 3.63) is 51.2 Å². The van der Waals surface area contributed by atoms with Crippen LogP contribution in [0.3, 0.4) is 0 Å². The van der Waals surface area contributed by atoms with Crippen LogP contribution < -0.4 is 0 Å². The van der Waals surface area contributed by atoms with Gasteiger partial charge in [0, 0.05) is 11.9 Å². The Morgan fingerprint density at radius 3 is 2.61 bits per heavy atom. The summed E-state index contributed by atoms with van der Waals surface area (Å²) in [6, 6.07) is 4.10. The molecule has 1 aromatic heterocycles. The van der Waals surface area contributed by atoms with Crippen LogP contribution in [0.15, 0.2) is 23.6 Å². The van der Waals surface area contributed by atoms with Crippen molar-refractivity contribution in [2.75, 3.05) is 13.6 Å². The van der Waals surface area contributed by atoms with Gasteiger partial charge in [-0.3, -0.25) is 4.90 Å². The summed E-state index contributed by atoms with van der Waals surface area (Å²) in [4.78, 5) is 5.22. The molecule has 0 saturated carbocycles. The van der Waals surface area contributed by atoms with Gasteiger partial charge in [0.15, 0.2) is 5.69 Å². The number of alkyl halides is 3. The van der Waals surface area contributed by atoms with Crippen molar-refractivity contribution in [3.8, 4) is 0 Å². The molecular weight excluding hydrogens is 332 g/mol. The molecule has 0 amide bonds. The van der Waals surface area contributed by atoms with E-state index in [4.69, 9.17) is 0 Å². The van der Waals surface area contributed by atoms with Crippen molar-refractivity contribution in [3.63, 3.8) is 0 Å². The summed E-state index contributed by atoms with van der Waals surface area (Å²) in [5.74, 6) is -0.380. The monoisotopic (exact) mass is 348 g/mol. The Kier molecular flexibility index (Phi) is 5.38. The Hall–Kier alpha value is -1.51. The summed E-state index contributed by atoms with van der Waals surface area (Å²) < 4.78 is 50.6. The number of hydrogen-bond acceptors (Lipinski definition) is 4. The number of nitrogens with zero attached hydrogens (tertiary/aromatic N) is 2. The van der Waals surface area contributed by atoms with Crippen molar-refractivity contribution in [2.24, 2.45) is 0 Å². The first-order valence-electron chi connectivity index (χ1n) is 6.81. The van der Waals surface area contributed by atoms with E-state index in [1.807, 2.05) is 0 Å². The van der Waals surface area contributed by atoms with Gasteiger partial charge in [0.05, 0.1) is 12.6 Å². The Balaban J connectivity index is 1.98. The van der Waals surface area contributed by atoms with Gasteiger partial charge in [-0.25, -0.2) is 9.37 Å². The molecule has 1 heterocycles. The second kappa shape index (κ2) is 6.94. The summed E-state index contributed by atoms with van der Waals surface area (Å²) in [5, 5.41) is 11.5. The van der Waals surface area contributed by atoms with E-state index in [-0.39, 0.29) is 18.9 Å². The number of rotatable bonds is 5. The standard InChI is InChI=1S/C15H16F4N2OS/c1-9-5-10(16)3-4-11(9)12(22)6-21(2)7-14-20-13(8-23-14)15(17,18)19/h3-5,8,12,22H,6-7H2,1-2H3. The fourth-order valence-corrected chi connectivity index (χ4v) is 3.10. The van der Waals surface area contributed by atoms with Crippen LogP contribution in [-0.4, -0.2) is 28.6 Å². The molecule has 0 aliphatic carbocycles. The van der Waals surface area contributed by atoms with Crippen molar-refractivity contribution >= 4 is 11.3 Å². The summed E-state index contributed by atoms with van der Waals surface area (Å²) in [6.07, 6.45) is -5.31. The molecule has 0 saturated heterocycles. The van der Waals surface area contributed by atoms with Crippen LogP contribution in [0.5, 0.6) is 0 Å². The molecular formula is C15H16F4N2OS. The minimum Gasteiger partial charge on any atom is -0.387 e. The zero-order valence-corrected chi connectivity index (χ0v) is 13.4. The molecule has 1 atom stereocenters. The van der Waals surface area contributed by atoms with Crippen LogP contribution in [0.2, 0.25) is 0 Å². The summed E-state index contributed by atoms with van der Waals surface area (Å²) in [5.41, 5.74) is 0.314. The SMILES string of the molecule is Cc1cc(F)ccc1C(O)CN(C)Cc1nc(C(F)(F)F)cs1. The Morgan fingerprint density at radius 1 is 1.35 bits per heavy atom. The van der Waals surface area contributed by atoms with Crippen LogP contribution in [0, 0.1) is 12.7 Å². The molecule has 0 radical (unpaired) electrons. The maximum atomic E-state index is 13.1. The van der Waals surface area contributed by atoms with E-state index in [0.29, 0.717) is 16.1 Å². The summed E-state index contributed by atoms with van der Waals surface area (Å²) in [6.45, 7) is 2.09. The third-order valence-electron chi connectivity index (χ3n) is 3.32. The van der Waals surface area contributed by atoms with Gasteiger partial charge in [-0.05, 0) is 37.2 Å². The predicted molar refractivity (Wildman–Crippen MR) is 79.5 cm³/mol. The van der Waals surface area contributed by atoms with E-state index in [1.165, 1.54) is 18.2 Å². The summed E-state index contributed by atoms with van der Waals surface area (Å²) >= 11 is 0.929. The van der Waals surface area contributed by atoms with E-state index in [1.54, 1.807) is 18.9 Å². The molecule has 1 aromatic carbocycles. The molecule has 0 bridgehead atoms. The van der Waals surface area contributed by atoms with Gasteiger partial charge in [-0.1, -0.05) is 6.07 Å². The van der Waals surface area contributed by atoms with Gasteiger partial charge >= 0.3 is 6.18 Å². The van der Waals surface area contributed by atoms with Crippen LogP contribution in [0.1, 0.15) is 27.9 Å². The van der Waals surface area contributed by atoms with E-state index >= 15 is 0 Å². The Bertz CT molecular complexity index is 672. The lowest BCUT2D eigenvalue weighted by atomic mass is 10.0. The lowest BCUT2D eigenvalue weighted by Gasteiger charge is -2.21. The third kappa shape index (κ3) is 4.73. The number of halogens is 4. The number of aromatic nitrogens is 1. The molecule has 8 heteroatoms. The topological polar surface area (TPSA) is 36.4 Å². The Morgan fingerprint density at radius 2 is 2.04 bits per heavy atom. The van der Waals surface area contributed by atoms with E-state index < -0.39 is 18.0 Å². The van der Waals surface area contributed by atoms with Crippen LogP contribution >= 0.6 is 11.3 Å². The van der Waals surface area contributed by atoms with Gasteiger partial charge in [0.1, 0.15) is 10.8 Å². The molecule has 0 spiro atoms. The molecule has 126 valence electrons. The number of aliphatic hydroxyl groups is 1. The van der Waals surface area contributed by atoms with Gasteiger partial charge in [0.25, 0.3) is 0 Å². The second-order valence-electron chi connectivity index (χ2n) is 5.34. The molecule has 3 nitrogen and oxygen atoms in total. The number of benzene rings is 1. The molecule has 0 aliphatic rings. The number of hydrogen-bond donors (Lipinski definition) is 1. The minimum atomic E-state index is -4.45. The third-order valence-corrected chi connectivity index (χ3v) is 4.16. The fourth-order valence-electron chi connectivity index (χ4n) is 2.22. The number of aryl methyl sites for hydroxylation is 1. The molecule has 1 unspecified atom stereocenters. The number of aliphatic hydroxyl groups excluding tert-OH is 1. The molecule has 23 heavy (non-hydrogen) atoms. The first-order chi connectivity index (χ1) is 10.7. The predicted octanol–water partition coefficient (Wildman–Crippen LogP) is 3.77. The first kappa shape index (κ1) is 17.8. The van der Waals surface area contributed by atoms with Crippen LogP contribution in [0.4, 0.5) is 17.6 Å². The maximum absolute atomic E-state index is 13.1. The highest BCUT2D eigenvalue weighted by Crippen LogP contribution is 2.30. The normalized spacial score (nSPS) is 13.6. The van der Waals surface area contributed by atoms with Crippen molar-refractivity contribution < 1.29 is 22.7 Å². The molecule has 2 aromatic rings. The number of likely N-dealkylation sites (N-methyl/N-ethyl adjacent to an activating group) is 1. The highest BCUT2D eigenvalue weighted by Gasteiger charge is 2.33. The average molecular weight is 348 g/mol. The summed E-state index contributed by atoms with van der Waals surface area (Å²) in [7, 11) is 1.68. The van der Waals surface area contributed by atoms with Crippen molar-refractivity contribution in [1.82, 2.24) is 9.88 Å². The smallest absolute Gasteiger partial charge is 0.387 e. The number of thiazole rings is 1. The second-order valence-corrected chi connectivity index (χ2v) is 6.28. The van der Waals surface area contributed by atoms with Gasteiger partial charge in [-0.2, -0.15) is 13.2 Å². The van der Waals surface area contributed by atoms with E-state index in [0.717, 1.165) is 16.7 Å².